The summed E-state index contributed by atoms with van der Waals surface area (Å²) >= 11 is 0. The zero-order valence-corrected chi connectivity index (χ0v) is 11.8. The van der Waals surface area contributed by atoms with Gasteiger partial charge in [0.1, 0.15) is 0 Å². The minimum absolute atomic E-state index is 0.196. The number of methoxy groups -OCH3 is 1. The first-order chi connectivity index (χ1) is 8.86. The van der Waals surface area contributed by atoms with Gasteiger partial charge in [-0.1, -0.05) is 0 Å². The molecular formula is C10H16N4O4S. The molecule has 1 aliphatic rings. The number of rotatable bonds is 3. The molecule has 106 valence electrons. The number of carbonyl (C=O) groups excluding carboxylic acids is 1. The van der Waals surface area contributed by atoms with E-state index in [4.69, 9.17) is 0 Å². The number of fused-ring (bicyclic) bond motifs is 1. The molecule has 0 N–H and O–H groups in total. The zero-order valence-electron chi connectivity index (χ0n) is 11.0. The fourth-order valence-electron chi connectivity index (χ4n) is 1.87. The summed E-state index contributed by atoms with van der Waals surface area (Å²) in [6.07, 6.45) is 0. The fourth-order valence-corrected chi connectivity index (χ4v) is 2.94. The standard InChI is InChI=1S/C10H16N4O4S/c1-12(2)19(16,17)13-4-5-14-8(7-13)6-9(11-14)10(15)18-3/h6H,4-5,7H2,1-3H3. The fraction of sp³-hybridized carbons (Fsp3) is 0.600. The van der Waals surface area contributed by atoms with Crippen LogP contribution in [0.3, 0.4) is 0 Å². The Bertz CT molecular complexity index is 593. The van der Waals surface area contributed by atoms with Crippen LogP contribution in [0.15, 0.2) is 6.07 Å². The van der Waals surface area contributed by atoms with Gasteiger partial charge in [-0.3, -0.25) is 4.68 Å². The molecule has 2 rings (SSSR count). The van der Waals surface area contributed by atoms with Gasteiger partial charge < -0.3 is 4.74 Å². The first-order valence-electron chi connectivity index (χ1n) is 5.69. The highest BCUT2D eigenvalue weighted by atomic mass is 32.2. The Hall–Kier alpha value is -1.45. The molecule has 2 heterocycles. The third-order valence-electron chi connectivity index (χ3n) is 2.95. The van der Waals surface area contributed by atoms with Crippen molar-refractivity contribution in [3.63, 3.8) is 0 Å². The van der Waals surface area contributed by atoms with Crippen molar-refractivity contribution in [2.75, 3.05) is 27.7 Å². The van der Waals surface area contributed by atoms with Gasteiger partial charge in [0.25, 0.3) is 10.2 Å². The van der Waals surface area contributed by atoms with Crippen molar-refractivity contribution in [2.45, 2.75) is 13.1 Å². The van der Waals surface area contributed by atoms with E-state index in [-0.39, 0.29) is 12.2 Å². The average Bonchev–Trinajstić information content (AvgIpc) is 2.80. The molecule has 0 unspecified atom stereocenters. The van der Waals surface area contributed by atoms with E-state index >= 15 is 0 Å². The molecule has 1 aliphatic heterocycles. The summed E-state index contributed by atoms with van der Waals surface area (Å²) in [7, 11) is 0.806. The van der Waals surface area contributed by atoms with Crippen LogP contribution in [-0.4, -0.2) is 60.5 Å². The van der Waals surface area contributed by atoms with E-state index in [1.807, 2.05) is 0 Å². The van der Waals surface area contributed by atoms with Crippen LogP contribution in [0.5, 0.6) is 0 Å². The maximum atomic E-state index is 12.0. The Kier molecular flexibility index (Phi) is 3.61. The van der Waals surface area contributed by atoms with Crippen molar-refractivity contribution in [3.05, 3.63) is 17.5 Å². The van der Waals surface area contributed by atoms with Gasteiger partial charge in [0.2, 0.25) is 0 Å². The van der Waals surface area contributed by atoms with Gasteiger partial charge in [-0.15, -0.1) is 0 Å². The van der Waals surface area contributed by atoms with Gasteiger partial charge in [0.05, 0.1) is 25.9 Å². The number of nitrogens with zero attached hydrogens (tertiary/aromatic N) is 4. The van der Waals surface area contributed by atoms with Gasteiger partial charge in [0.15, 0.2) is 5.69 Å². The first-order valence-corrected chi connectivity index (χ1v) is 7.08. The summed E-state index contributed by atoms with van der Waals surface area (Å²) in [5.41, 5.74) is 0.874. The Labute approximate surface area is 111 Å². The SMILES string of the molecule is COC(=O)c1cc2n(n1)CCN(S(=O)(=O)N(C)C)C2. The van der Waals surface area contributed by atoms with E-state index in [0.717, 1.165) is 0 Å². The second-order valence-corrected chi connectivity index (χ2v) is 6.50. The van der Waals surface area contributed by atoms with E-state index in [1.165, 1.54) is 29.8 Å². The Morgan fingerprint density at radius 3 is 2.68 bits per heavy atom. The molecular weight excluding hydrogens is 272 g/mol. The predicted molar refractivity (Wildman–Crippen MR) is 66.6 cm³/mol. The molecule has 0 bridgehead atoms. The number of hydrogen-bond donors (Lipinski definition) is 0. The minimum Gasteiger partial charge on any atom is -0.464 e. The van der Waals surface area contributed by atoms with Crippen LogP contribution >= 0.6 is 0 Å². The summed E-state index contributed by atoms with van der Waals surface area (Å²) in [5, 5.41) is 4.09. The van der Waals surface area contributed by atoms with Gasteiger partial charge >= 0.3 is 5.97 Å². The molecule has 0 saturated carbocycles. The highest BCUT2D eigenvalue weighted by molar-refractivity contribution is 7.86. The molecule has 9 heteroatoms. The minimum atomic E-state index is -3.45. The number of hydrogen-bond acceptors (Lipinski definition) is 5. The molecule has 0 spiro atoms. The lowest BCUT2D eigenvalue weighted by Crippen LogP contribution is -2.44. The van der Waals surface area contributed by atoms with Gasteiger partial charge in [0, 0.05) is 20.6 Å². The molecule has 19 heavy (non-hydrogen) atoms. The maximum absolute atomic E-state index is 12.0. The highest BCUT2D eigenvalue weighted by Crippen LogP contribution is 2.18. The lowest BCUT2D eigenvalue weighted by molar-refractivity contribution is 0.0593. The van der Waals surface area contributed by atoms with Crippen LogP contribution < -0.4 is 0 Å². The number of aromatic nitrogens is 2. The van der Waals surface area contributed by atoms with Crippen molar-refractivity contribution in [1.82, 2.24) is 18.4 Å². The molecule has 0 radical (unpaired) electrons. The number of carbonyl (C=O) groups is 1. The summed E-state index contributed by atoms with van der Waals surface area (Å²) in [6.45, 7) is 0.944. The van der Waals surface area contributed by atoms with Crippen LogP contribution in [0.2, 0.25) is 0 Å². The van der Waals surface area contributed by atoms with E-state index in [2.05, 4.69) is 9.84 Å². The van der Waals surface area contributed by atoms with Crippen molar-refractivity contribution in [3.8, 4) is 0 Å². The molecule has 0 atom stereocenters. The predicted octanol–water partition coefficient (Wildman–Crippen LogP) is -0.708. The van der Waals surface area contributed by atoms with E-state index in [1.54, 1.807) is 10.7 Å². The lowest BCUT2D eigenvalue weighted by atomic mass is 10.3. The Balaban J connectivity index is 2.25. The summed E-state index contributed by atoms with van der Waals surface area (Å²) in [6, 6.07) is 1.56. The lowest BCUT2D eigenvalue weighted by Gasteiger charge is -2.29. The largest absolute Gasteiger partial charge is 0.464 e. The summed E-state index contributed by atoms with van der Waals surface area (Å²) in [4.78, 5) is 11.4. The normalized spacial score (nSPS) is 16.4. The van der Waals surface area contributed by atoms with E-state index in [9.17, 15) is 13.2 Å². The van der Waals surface area contributed by atoms with Crippen LogP contribution in [0, 0.1) is 0 Å². The topological polar surface area (TPSA) is 84.7 Å². The summed E-state index contributed by atoms with van der Waals surface area (Å²) in [5.74, 6) is -0.524. The van der Waals surface area contributed by atoms with Gasteiger partial charge in [-0.05, 0) is 6.07 Å². The molecule has 0 saturated heterocycles. The van der Waals surface area contributed by atoms with Gasteiger partial charge in [-0.25, -0.2) is 4.79 Å². The molecule has 0 amide bonds. The second-order valence-electron chi connectivity index (χ2n) is 4.36. The van der Waals surface area contributed by atoms with Crippen LogP contribution in [0.4, 0.5) is 0 Å². The second kappa shape index (κ2) is 4.91. The highest BCUT2D eigenvalue weighted by Gasteiger charge is 2.30. The molecule has 0 aliphatic carbocycles. The van der Waals surface area contributed by atoms with Crippen molar-refractivity contribution in [1.29, 1.82) is 0 Å². The van der Waals surface area contributed by atoms with Crippen molar-refractivity contribution < 1.29 is 17.9 Å². The third-order valence-corrected chi connectivity index (χ3v) is 4.83. The van der Waals surface area contributed by atoms with Crippen molar-refractivity contribution in [2.24, 2.45) is 0 Å². The number of esters is 1. The molecule has 0 fully saturated rings. The molecule has 8 nitrogen and oxygen atoms in total. The average molecular weight is 288 g/mol. The maximum Gasteiger partial charge on any atom is 0.358 e. The van der Waals surface area contributed by atoms with Crippen molar-refractivity contribution >= 4 is 16.2 Å². The van der Waals surface area contributed by atoms with Crippen LogP contribution in [0.25, 0.3) is 0 Å². The van der Waals surface area contributed by atoms with E-state index in [0.29, 0.717) is 18.8 Å². The smallest absolute Gasteiger partial charge is 0.358 e. The van der Waals surface area contributed by atoms with E-state index < -0.39 is 16.2 Å². The first kappa shape index (κ1) is 14.0. The number of ether oxygens (including phenoxy) is 1. The van der Waals surface area contributed by atoms with Crippen LogP contribution in [-0.2, 0) is 28.0 Å². The molecule has 0 aromatic carbocycles. The molecule has 1 aromatic rings. The zero-order chi connectivity index (χ0) is 14.2. The molecule has 1 aromatic heterocycles. The van der Waals surface area contributed by atoms with Gasteiger partial charge in [-0.2, -0.15) is 22.1 Å². The summed E-state index contributed by atoms with van der Waals surface area (Å²) < 4.78 is 32.8. The quantitative estimate of drug-likeness (QED) is 0.686. The Morgan fingerprint density at radius 1 is 1.42 bits per heavy atom. The monoisotopic (exact) mass is 288 g/mol. The Morgan fingerprint density at radius 2 is 2.11 bits per heavy atom. The third kappa shape index (κ3) is 2.48. The van der Waals surface area contributed by atoms with Crippen LogP contribution in [0.1, 0.15) is 16.2 Å².